The second-order valence-electron chi connectivity index (χ2n) is 6.83. The van der Waals surface area contributed by atoms with E-state index in [4.69, 9.17) is 9.47 Å². The van der Waals surface area contributed by atoms with Crippen LogP contribution in [0.2, 0.25) is 0 Å². The molecule has 0 aliphatic heterocycles. The largest absolute Gasteiger partial charge is 0.491 e. The maximum Gasteiger partial charge on any atom is 0.309 e. The molecule has 0 aliphatic carbocycles. The van der Waals surface area contributed by atoms with Crippen LogP contribution in [0.3, 0.4) is 0 Å². The highest BCUT2D eigenvalue weighted by molar-refractivity contribution is 5.72. The fourth-order valence-electron chi connectivity index (χ4n) is 2.96. The molecule has 0 heterocycles. The Bertz CT molecular complexity index is 704. The van der Waals surface area contributed by atoms with Gasteiger partial charge in [-0.3, -0.25) is 9.69 Å². The van der Waals surface area contributed by atoms with E-state index in [1.165, 1.54) is 7.11 Å². The number of rotatable bonds is 10. The molecule has 0 bridgehead atoms. The lowest BCUT2D eigenvalue weighted by molar-refractivity contribution is -0.145. The van der Waals surface area contributed by atoms with Gasteiger partial charge in [0.2, 0.25) is 0 Å². The number of benzene rings is 2. The Kier molecular flexibility index (Phi) is 8.30. The van der Waals surface area contributed by atoms with Crippen molar-refractivity contribution in [3.63, 3.8) is 0 Å². The smallest absolute Gasteiger partial charge is 0.309 e. The van der Waals surface area contributed by atoms with Gasteiger partial charge in [0.1, 0.15) is 18.5 Å². The standard InChI is InChI=1S/C22H29NO4/c1-17-9-7-8-12-21(17)27-16-20(24)15-23(13-18(2)22(25)26-3)14-19-10-5-4-6-11-19/h4-12,18,20,24H,13-16H2,1-3H3. The third-order valence-electron chi connectivity index (χ3n) is 4.38. The van der Waals surface area contributed by atoms with Gasteiger partial charge in [0.05, 0.1) is 13.0 Å². The van der Waals surface area contributed by atoms with Gasteiger partial charge in [-0.05, 0) is 24.1 Å². The molecule has 0 saturated heterocycles. The minimum Gasteiger partial charge on any atom is -0.491 e. The van der Waals surface area contributed by atoms with Gasteiger partial charge in [-0.25, -0.2) is 0 Å². The normalized spacial score (nSPS) is 13.2. The lowest BCUT2D eigenvalue weighted by atomic mass is 10.1. The molecule has 0 aliphatic rings. The first kappa shape index (κ1) is 20.9. The first-order valence-electron chi connectivity index (χ1n) is 9.20. The van der Waals surface area contributed by atoms with Crippen LogP contribution in [0.5, 0.6) is 5.75 Å². The summed E-state index contributed by atoms with van der Waals surface area (Å²) in [5.74, 6) is 0.246. The van der Waals surface area contributed by atoms with E-state index in [1.807, 2.05) is 68.4 Å². The van der Waals surface area contributed by atoms with Gasteiger partial charge in [0.25, 0.3) is 0 Å². The van der Waals surface area contributed by atoms with E-state index in [9.17, 15) is 9.90 Å². The number of hydrogen-bond acceptors (Lipinski definition) is 5. The topological polar surface area (TPSA) is 59.0 Å². The summed E-state index contributed by atoms with van der Waals surface area (Å²) < 4.78 is 10.6. The van der Waals surface area contributed by atoms with Crippen LogP contribution in [0.1, 0.15) is 18.1 Å². The monoisotopic (exact) mass is 371 g/mol. The number of esters is 1. The summed E-state index contributed by atoms with van der Waals surface area (Å²) in [5, 5.41) is 10.5. The highest BCUT2D eigenvalue weighted by atomic mass is 16.5. The van der Waals surface area contributed by atoms with Crippen molar-refractivity contribution in [2.24, 2.45) is 5.92 Å². The number of ether oxygens (including phenoxy) is 2. The summed E-state index contributed by atoms with van der Waals surface area (Å²) in [6.45, 7) is 5.55. The summed E-state index contributed by atoms with van der Waals surface area (Å²) >= 11 is 0. The lowest BCUT2D eigenvalue weighted by Gasteiger charge is -2.27. The molecule has 146 valence electrons. The zero-order chi connectivity index (χ0) is 19.6. The first-order chi connectivity index (χ1) is 13.0. The Morgan fingerprint density at radius 2 is 1.74 bits per heavy atom. The Balaban J connectivity index is 1.96. The van der Waals surface area contributed by atoms with E-state index >= 15 is 0 Å². The molecule has 0 spiro atoms. The molecule has 5 heteroatoms. The van der Waals surface area contributed by atoms with E-state index in [0.29, 0.717) is 19.6 Å². The number of para-hydroxylation sites is 1. The zero-order valence-electron chi connectivity index (χ0n) is 16.3. The molecule has 2 rings (SSSR count). The Labute approximate surface area is 161 Å². The molecule has 0 radical (unpaired) electrons. The van der Waals surface area contributed by atoms with E-state index in [0.717, 1.165) is 16.9 Å². The number of aryl methyl sites for hydroxylation is 1. The minimum absolute atomic E-state index is 0.197. The molecule has 0 fully saturated rings. The SMILES string of the molecule is COC(=O)C(C)CN(Cc1ccccc1)CC(O)COc1ccccc1C. The van der Waals surface area contributed by atoms with Gasteiger partial charge in [0, 0.05) is 19.6 Å². The lowest BCUT2D eigenvalue weighted by Crippen LogP contribution is -2.39. The predicted molar refractivity (Wildman–Crippen MR) is 106 cm³/mol. The predicted octanol–water partition coefficient (Wildman–Crippen LogP) is 3.05. The van der Waals surface area contributed by atoms with Crippen LogP contribution >= 0.6 is 0 Å². The number of aliphatic hydroxyl groups excluding tert-OH is 1. The van der Waals surface area contributed by atoms with Gasteiger partial charge in [-0.1, -0.05) is 55.5 Å². The third-order valence-corrected chi connectivity index (χ3v) is 4.38. The average molecular weight is 371 g/mol. The molecule has 2 unspecified atom stereocenters. The van der Waals surface area contributed by atoms with E-state index in [1.54, 1.807) is 0 Å². The molecule has 0 saturated carbocycles. The number of carbonyl (C=O) groups excluding carboxylic acids is 1. The van der Waals surface area contributed by atoms with Crippen LogP contribution in [-0.2, 0) is 16.1 Å². The number of aliphatic hydroxyl groups is 1. The molecule has 2 aromatic carbocycles. The molecular weight excluding hydrogens is 342 g/mol. The fraction of sp³-hybridized carbons (Fsp3) is 0.409. The zero-order valence-corrected chi connectivity index (χ0v) is 16.3. The second kappa shape index (κ2) is 10.7. The van der Waals surface area contributed by atoms with Gasteiger partial charge in [0.15, 0.2) is 0 Å². The first-order valence-corrected chi connectivity index (χ1v) is 9.20. The highest BCUT2D eigenvalue weighted by Crippen LogP contribution is 2.17. The maximum absolute atomic E-state index is 11.8. The highest BCUT2D eigenvalue weighted by Gasteiger charge is 2.20. The summed E-state index contributed by atoms with van der Waals surface area (Å²) in [7, 11) is 1.39. The van der Waals surface area contributed by atoms with E-state index in [2.05, 4.69) is 4.90 Å². The Morgan fingerprint density at radius 3 is 2.41 bits per heavy atom. The van der Waals surface area contributed by atoms with Crippen LogP contribution in [0.15, 0.2) is 54.6 Å². The van der Waals surface area contributed by atoms with Crippen molar-refractivity contribution in [2.75, 3.05) is 26.8 Å². The molecule has 0 amide bonds. The molecule has 5 nitrogen and oxygen atoms in total. The molecule has 27 heavy (non-hydrogen) atoms. The minimum atomic E-state index is -0.668. The second-order valence-corrected chi connectivity index (χ2v) is 6.83. The van der Waals surface area contributed by atoms with Gasteiger partial charge >= 0.3 is 5.97 Å². The van der Waals surface area contributed by atoms with E-state index < -0.39 is 6.10 Å². The Morgan fingerprint density at radius 1 is 1.07 bits per heavy atom. The van der Waals surface area contributed by atoms with Crippen molar-refractivity contribution in [1.29, 1.82) is 0 Å². The van der Waals surface area contributed by atoms with Crippen molar-refractivity contribution in [3.05, 3.63) is 65.7 Å². The fourth-order valence-corrected chi connectivity index (χ4v) is 2.96. The summed E-state index contributed by atoms with van der Waals surface area (Å²) in [6, 6.07) is 17.7. The maximum atomic E-state index is 11.8. The molecule has 0 aromatic heterocycles. The van der Waals surface area contributed by atoms with Crippen LogP contribution in [0, 0.1) is 12.8 Å². The van der Waals surface area contributed by atoms with Crippen LogP contribution < -0.4 is 4.74 Å². The molecule has 2 atom stereocenters. The van der Waals surface area contributed by atoms with Crippen molar-refractivity contribution in [3.8, 4) is 5.75 Å². The molecule has 2 aromatic rings. The van der Waals surface area contributed by atoms with Crippen molar-refractivity contribution < 1.29 is 19.4 Å². The third kappa shape index (κ3) is 7.04. The molecule has 1 N–H and O–H groups in total. The molecular formula is C22H29NO4. The summed E-state index contributed by atoms with van der Waals surface area (Å²) in [6.07, 6.45) is -0.668. The van der Waals surface area contributed by atoms with Crippen molar-refractivity contribution in [2.45, 2.75) is 26.5 Å². The van der Waals surface area contributed by atoms with Crippen molar-refractivity contribution in [1.82, 2.24) is 4.90 Å². The number of nitrogens with zero attached hydrogens (tertiary/aromatic N) is 1. The summed E-state index contributed by atoms with van der Waals surface area (Å²) in [5.41, 5.74) is 2.16. The van der Waals surface area contributed by atoms with Gasteiger partial charge < -0.3 is 14.6 Å². The van der Waals surface area contributed by atoms with Crippen LogP contribution in [0.25, 0.3) is 0 Å². The van der Waals surface area contributed by atoms with Crippen LogP contribution in [0.4, 0.5) is 0 Å². The Hall–Kier alpha value is -2.37. The quantitative estimate of drug-likeness (QED) is 0.651. The van der Waals surface area contributed by atoms with Gasteiger partial charge in [-0.2, -0.15) is 0 Å². The van der Waals surface area contributed by atoms with Crippen LogP contribution in [-0.4, -0.2) is 48.9 Å². The van der Waals surface area contributed by atoms with Gasteiger partial charge in [-0.15, -0.1) is 0 Å². The average Bonchev–Trinajstić information content (AvgIpc) is 2.67. The van der Waals surface area contributed by atoms with E-state index in [-0.39, 0.29) is 18.5 Å². The summed E-state index contributed by atoms with van der Waals surface area (Å²) in [4.78, 5) is 13.9. The number of carbonyl (C=O) groups is 1. The number of methoxy groups -OCH3 is 1. The number of hydrogen-bond donors (Lipinski definition) is 1. The van der Waals surface area contributed by atoms with Crippen molar-refractivity contribution >= 4 is 5.97 Å².